The lowest BCUT2D eigenvalue weighted by Gasteiger charge is -2.11. The van der Waals surface area contributed by atoms with E-state index in [-0.39, 0.29) is 5.91 Å². The largest absolute Gasteiger partial charge is 0.307 e. The fourth-order valence-electron chi connectivity index (χ4n) is 2.77. The Morgan fingerprint density at radius 3 is 2.54 bits per heavy atom. The average molecular weight is 412 g/mol. The van der Waals surface area contributed by atoms with E-state index in [1.54, 1.807) is 46.0 Å². The van der Waals surface area contributed by atoms with Crippen molar-refractivity contribution in [2.45, 2.75) is 6.54 Å². The van der Waals surface area contributed by atoms with Crippen LogP contribution in [0, 0.1) is 0 Å². The van der Waals surface area contributed by atoms with Crippen LogP contribution in [0.25, 0.3) is 5.69 Å². The van der Waals surface area contributed by atoms with E-state index in [1.165, 1.54) is 0 Å². The maximum absolute atomic E-state index is 12.6. The van der Waals surface area contributed by atoms with Gasteiger partial charge in [0.05, 0.1) is 28.5 Å². The molecule has 2 aromatic carbocycles. The first-order chi connectivity index (χ1) is 13.6. The predicted octanol–water partition coefficient (Wildman–Crippen LogP) is 4.68. The lowest BCUT2D eigenvalue weighted by molar-refractivity contribution is 0.102. The molecule has 140 valence electrons. The number of benzene rings is 2. The van der Waals surface area contributed by atoms with Crippen LogP contribution in [0.15, 0.2) is 73.2 Å². The predicted molar refractivity (Wildman–Crippen MR) is 109 cm³/mol. The highest BCUT2D eigenvalue weighted by molar-refractivity contribution is 6.42. The van der Waals surface area contributed by atoms with Crippen LogP contribution < -0.4 is 5.32 Å². The summed E-state index contributed by atoms with van der Waals surface area (Å²) < 4.78 is 3.39. The van der Waals surface area contributed by atoms with Gasteiger partial charge in [-0.3, -0.25) is 4.79 Å². The van der Waals surface area contributed by atoms with E-state index in [0.717, 1.165) is 11.3 Å². The fourth-order valence-corrected chi connectivity index (χ4v) is 3.15. The Morgan fingerprint density at radius 2 is 1.79 bits per heavy atom. The Morgan fingerprint density at radius 1 is 0.964 bits per heavy atom. The van der Waals surface area contributed by atoms with E-state index >= 15 is 0 Å². The molecular formula is C20H15Cl2N5O. The van der Waals surface area contributed by atoms with Crippen molar-refractivity contribution in [2.24, 2.45) is 0 Å². The standard InChI is InChI=1S/C20H15Cl2N5O/c21-17-4-1-3-15(19(17)22)13-27-18(9-11-24-27)25-20(28)14-5-7-16(8-6-14)26-12-2-10-23-26/h1-12H,13H2,(H,25,28). The smallest absolute Gasteiger partial charge is 0.256 e. The number of hydrogen-bond acceptors (Lipinski definition) is 3. The van der Waals surface area contributed by atoms with Gasteiger partial charge < -0.3 is 5.32 Å². The monoisotopic (exact) mass is 411 g/mol. The lowest BCUT2D eigenvalue weighted by Crippen LogP contribution is -2.16. The highest BCUT2D eigenvalue weighted by Crippen LogP contribution is 2.26. The van der Waals surface area contributed by atoms with Gasteiger partial charge in [0.15, 0.2) is 0 Å². The summed E-state index contributed by atoms with van der Waals surface area (Å²) in [6.07, 6.45) is 5.16. The quantitative estimate of drug-likeness (QED) is 0.518. The third-order valence-electron chi connectivity index (χ3n) is 4.21. The van der Waals surface area contributed by atoms with Crippen molar-refractivity contribution in [3.05, 3.63) is 94.4 Å². The molecule has 0 atom stereocenters. The second-order valence-electron chi connectivity index (χ2n) is 6.04. The first-order valence-electron chi connectivity index (χ1n) is 8.48. The number of carbonyl (C=O) groups is 1. The summed E-state index contributed by atoms with van der Waals surface area (Å²) in [6.45, 7) is 0.389. The summed E-state index contributed by atoms with van der Waals surface area (Å²) in [4.78, 5) is 12.6. The molecule has 1 amide bonds. The van der Waals surface area contributed by atoms with Crippen LogP contribution in [0.5, 0.6) is 0 Å². The Hall–Kier alpha value is -3.09. The Bertz CT molecular complexity index is 1100. The van der Waals surface area contributed by atoms with E-state index < -0.39 is 0 Å². The van der Waals surface area contributed by atoms with E-state index in [1.807, 2.05) is 36.5 Å². The van der Waals surface area contributed by atoms with Crippen LogP contribution >= 0.6 is 23.2 Å². The molecule has 0 bridgehead atoms. The second kappa shape index (κ2) is 7.88. The summed E-state index contributed by atoms with van der Waals surface area (Å²) in [7, 11) is 0. The molecule has 0 radical (unpaired) electrons. The van der Waals surface area contributed by atoms with E-state index in [2.05, 4.69) is 15.5 Å². The van der Waals surface area contributed by atoms with E-state index in [0.29, 0.717) is 28.0 Å². The molecule has 2 heterocycles. The van der Waals surface area contributed by atoms with E-state index in [4.69, 9.17) is 23.2 Å². The zero-order valence-electron chi connectivity index (χ0n) is 14.6. The van der Waals surface area contributed by atoms with Crippen molar-refractivity contribution in [1.29, 1.82) is 0 Å². The zero-order valence-corrected chi connectivity index (χ0v) is 16.1. The van der Waals surface area contributed by atoms with Crippen LogP contribution in [0.2, 0.25) is 10.0 Å². The Balaban J connectivity index is 1.50. The molecule has 0 aliphatic heterocycles. The van der Waals surface area contributed by atoms with Gasteiger partial charge in [0.1, 0.15) is 5.82 Å². The molecule has 0 aliphatic rings. The van der Waals surface area contributed by atoms with Crippen molar-refractivity contribution in [3.8, 4) is 5.69 Å². The number of nitrogens with zero attached hydrogens (tertiary/aromatic N) is 4. The normalized spacial score (nSPS) is 10.8. The molecule has 0 aliphatic carbocycles. The van der Waals surface area contributed by atoms with Crippen molar-refractivity contribution in [3.63, 3.8) is 0 Å². The highest BCUT2D eigenvalue weighted by atomic mass is 35.5. The van der Waals surface area contributed by atoms with Gasteiger partial charge in [-0.25, -0.2) is 9.36 Å². The van der Waals surface area contributed by atoms with Crippen molar-refractivity contribution >= 4 is 34.9 Å². The Labute approximate surface area is 171 Å². The van der Waals surface area contributed by atoms with Gasteiger partial charge in [0.25, 0.3) is 5.91 Å². The maximum atomic E-state index is 12.6. The number of amides is 1. The molecular weight excluding hydrogens is 397 g/mol. The minimum Gasteiger partial charge on any atom is -0.307 e. The molecule has 8 heteroatoms. The molecule has 0 saturated carbocycles. The maximum Gasteiger partial charge on any atom is 0.256 e. The molecule has 4 rings (SSSR count). The number of halogens is 2. The SMILES string of the molecule is O=C(Nc1ccnn1Cc1cccc(Cl)c1Cl)c1ccc(-n2cccn2)cc1. The Kier molecular flexibility index (Phi) is 5.14. The molecule has 6 nitrogen and oxygen atoms in total. The first-order valence-corrected chi connectivity index (χ1v) is 9.23. The molecule has 0 unspecified atom stereocenters. The third-order valence-corrected chi connectivity index (χ3v) is 5.07. The summed E-state index contributed by atoms with van der Waals surface area (Å²) in [5.41, 5.74) is 2.23. The summed E-state index contributed by atoms with van der Waals surface area (Å²) in [5.74, 6) is 0.336. The third kappa shape index (κ3) is 3.78. The minimum absolute atomic E-state index is 0.231. The van der Waals surface area contributed by atoms with Gasteiger partial charge in [-0.1, -0.05) is 35.3 Å². The second-order valence-corrected chi connectivity index (χ2v) is 6.82. The van der Waals surface area contributed by atoms with Gasteiger partial charge in [-0.2, -0.15) is 10.2 Å². The molecule has 28 heavy (non-hydrogen) atoms. The van der Waals surface area contributed by atoms with Gasteiger partial charge in [-0.15, -0.1) is 0 Å². The van der Waals surface area contributed by atoms with Crippen LogP contribution in [0.3, 0.4) is 0 Å². The molecule has 0 saturated heterocycles. The summed E-state index contributed by atoms with van der Waals surface area (Å²) in [5, 5.41) is 12.3. The van der Waals surface area contributed by atoms with Gasteiger partial charge in [0, 0.05) is 24.0 Å². The molecule has 2 aromatic heterocycles. The first kappa shape index (κ1) is 18.3. The van der Waals surface area contributed by atoms with Crippen molar-refractivity contribution in [2.75, 3.05) is 5.32 Å². The lowest BCUT2D eigenvalue weighted by atomic mass is 10.2. The number of aromatic nitrogens is 4. The number of hydrogen-bond donors (Lipinski definition) is 1. The number of rotatable bonds is 5. The molecule has 1 N–H and O–H groups in total. The number of nitrogens with one attached hydrogen (secondary N) is 1. The van der Waals surface area contributed by atoms with E-state index in [9.17, 15) is 4.79 Å². The van der Waals surface area contributed by atoms with Crippen molar-refractivity contribution in [1.82, 2.24) is 19.6 Å². The van der Waals surface area contributed by atoms with Crippen LogP contribution in [-0.4, -0.2) is 25.5 Å². The molecule has 4 aromatic rings. The van der Waals surface area contributed by atoms with Gasteiger partial charge in [-0.05, 0) is 42.0 Å². The van der Waals surface area contributed by atoms with Crippen LogP contribution in [0.4, 0.5) is 5.82 Å². The number of carbonyl (C=O) groups excluding carboxylic acids is 1. The van der Waals surface area contributed by atoms with Gasteiger partial charge >= 0.3 is 0 Å². The summed E-state index contributed by atoms with van der Waals surface area (Å²) in [6, 6.07) is 16.2. The fraction of sp³-hybridized carbons (Fsp3) is 0.0500. The van der Waals surface area contributed by atoms with Crippen molar-refractivity contribution < 1.29 is 4.79 Å². The van der Waals surface area contributed by atoms with Crippen LogP contribution in [-0.2, 0) is 6.54 Å². The van der Waals surface area contributed by atoms with Gasteiger partial charge in [0.2, 0.25) is 0 Å². The molecule has 0 fully saturated rings. The zero-order chi connectivity index (χ0) is 19.5. The summed E-state index contributed by atoms with van der Waals surface area (Å²) >= 11 is 12.3. The molecule has 0 spiro atoms. The number of anilines is 1. The highest BCUT2D eigenvalue weighted by Gasteiger charge is 2.12. The topological polar surface area (TPSA) is 64.7 Å². The van der Waals surface area contributed by atoms with Crippen LogP contribution in [0.1, 0.15) is 15.9 Å². The average Bonchev–Trinajstić information content (AvgIpc) is 3.38. The minimum atomic E-state index is -0.231.